The maximum atomic E-state index is 11.2. The van der Waals surface area contributed by atoms with Gasteiger partial charge in [-0.05, 0) is 13.7 Å². The highest BCUT2D eigenvalue weighted by Crippen LogP contribution is 2.11. The van der Waals surface area contributed by atoms with E-state index in [1.54, 1.807) is 18.6 Å². The van der Waals surface area contributed by atoms with Crippen LogP contribution in [0.4, 0.5) is 0 Å². The molecule has 1 atom stereocenters. The van der Waals surface area contributed by atoms with E-state index in [9.17, 15) is 13.4 Å². The summed E-state index contributed by atoms with van der Waals surface area (Å²) >= 11 is 0. The first kappa shape index (κ1) is 10.0. The first-order valence-electron chi connectivity index (χ1n) is 4.07. The van der Waals surface area contributed by atoms with Gasteiger partial charge in [-0.3, -0.25) is 0 Å². The Kier molecular flexibility index (Phi) is 2.80. The lowest BCUT2D eigenvalue weighted by atomic mass is 9.85. The van der Waals surface area contributed by atoms with Crippen LogP contribution in [0.25, 0.3) is 0 Å². The van der Waals surface area contributed by atoms with Crippen LogP contribution >= 0.6 is 0 Å². The highest BCUT2D eigenvalue weighted by Gasteiger charge is 2.31. The fourth-order valence-corrected chi connectivity index (χ4v) is 2.63. The van der Waals surface area contributed by atoms with E-state index in [0.717, 1.165) is 0 Å². The topological polar surface area (TPSA) is 57.6 Å². The van der Waals surface area contributed by atoms with Crippen molar-refractivity contribution in [2.75, 3.05) is 18.8 Å². The molecule has 70 valence electrons. The molecule has 1 heterocycles. The molecule has 0 bridgehead atoms. The number of rotatable bonds is 1. The molecule has 0 amide bonds. The van der Waals surface area contributed by atoms with E-state index in [0.29, 0.717) is 13.1 Å². The Balaban J connectivity index is 2.64. The summed E-state index contributed by atoms with van der Waals surface area (Å²) in [6.07, 6.45) is 0. The van der Waals surface area contributed by atoms with Crippen molar-refractivity contribution in [3.8, 4) is 0 Å². The van der Waals surface area contributed by atoms with E-state index in [1.165, 1.54) is 0 Å². The smallest absolute Gasteiger partial charge is 0.376 e. The van der Waals surface area contributed by atoms with Crippen molar-refractivity contribution >= 4 is 16.9 Å². The van der Waals surface area contributed by atoms with Crippen molar-refractivity contribution in [2.24, 2.45) is 0 Å². The lowest BCUT2D eigenvalue weighted by Crippen LogP contribution is -2.51. The van der Waals surface area contributed by atoms with Gasteiger partial charge in [0.25, 0.3) is 0 Å². The van der Waals surface area contributed by atoms with Crippen molar-refractivity contribution in [1.29, 1.82) is 0 Å². The highest BCUT2D eigenvalue weighted by atomic mass is 32.2. The Bertz CT molecular complexity index is 252. The number of hydrogen-bond donors (Lipinski definition) is 1. The second-order valence-corrected chi connectivity index (χ2v) is 5.84. The standard InChI is InChI=1S/C6H14BNO3S/c1-6-5-8(7(2)9)3-4-12(6,10)11/h6,9H,3-5H2,1-2H3. The van der Waals surface area contributed by atoms with Crippen molar-refractivity contribution in [1.82, 2.24) is 4.81 Å². The second kappa shape index (κ2) is 3.36. The second-order valence-electron chi connectivity index (χ2n) is 3.30. The van der Waals surface area contributed by atoms with Crippen molar-refractivity contribution in [3.63, 3.8) is 0 Å². The van der Waals surface area contributed by atoms with Crippen LogP contribution < -0.4 is 0 Å². The van der Waals surface area contributed by atoms with Crippen molar-refractivity contribution in [3.05, 3.63) is 0 Å². The summed E-state index contributed by atoms with van der Waals surface area (Å²) < 4.78 is 22.5. The number of nitrogens with zero attached hydrogens (tertiary/aromatic N) is 1. The van der Waals surface area contributed by atoms with Crippen molar-refractivity contribution in [2.45, 2.75) is 19.0 Å². The Labute approximate surface area is 73.6 Å². The third-order valence-electron chi connectivity index (χ3n) is 2.30. The zero-order valence-electron chi connectivity index (χ0n) is 7.40. The first-order chi connectivity index (χ1) is 5.43. The number of hydrogen-bond acceptors (Lipinski definition) is 4. The van der Waals surface area contributed by atoms with Crippen LogP contribution in [-0.2, 0) is 9.84 Å². The Hall–Kier alpha value is -0.0651. The summed E-state index contributed by atoms with van der Waals surface area (Å²) in [5.74, 6) is 0.166. The summed E-state index contributed by atoms with van der Waals surface area (Å²) in [6.45, 7) is 4.23. The summed E-state index contributed by atoms with van der Waals surface area (Å²) in [7, 11) is -3.42. The number of sulfone groups is 1. The van der Waals surface area contributed by atoms with Crippen molar-refractivity contribution < 1.29 is 13.4 Å². The summed E-state index contributed by atoms with van der Waals surface area (Å²) in [5, 5.41) is 8.85. The van der Waals surface area contributed by atoms with Gasteiger partial charge in [-0.25, -0.2) is 8.42 Å². The van der Waals surface area contributed by atoms with Gasteiger partial charge < -0.3 is 9.83 Å². The Morgan fingerprint density at radius 2 is 2.17 bits per heavy atom. The van der Waals surface area contributed by atoms with E-state index >= 15 is 0 Å². The summed E-state index contributed by atoms with van der Waals surface area (Å²) in [4.78, 5) is 1.77. The average molecular weight is 191 g/mol. The maximum Gasteiger partial charge on any atom is 0.376 e. The summed E-state index contributed by atoms with van der Waals surface area (Å²) in [5.41, 5.74) is 0. The van der Waals surface area contributed by atoms with Gasteiger partial charge in [0.2, 0.25) is 0 Å². The van der Waals surface area contributed by atoms with Gasteiger partial charge in [0.1, 0.15) is 0 Å². The molecule has 0 aliphatic carbocycles. The third kappa shape index (κ3) is 2.00. The molecular formula is C6H14BNO3S. The quantitative estimate of drug-likeness (QED) is 0.552. The van der Waals surface area contributed by atoms with Crippen LogP contribution in [0.1, 0.15) is 6.92 Å². The van der Waals surface area contributed by atoms with Gasteiger partial charge >= 0.3 is 7.05 Å². The fourth-order valence-electron chi connectivity index (χ4n) is 1.32. The van der Waals surface area contributed by atoms with Gasteiger partial charge in [-0.2, -0.15) is 0 Å². The molecule has 12 heavy (non-hydrogen) atoms. The van der Waals surface area contributed by atoms with Crippen LogP contribution in [0.15, 0.2) is 0 Å². The molecule has 1 rings (SSSR count). The van der Waals surface area contributed by atoms with Crippen LogP contribution in [0, 0.1) is 0 Å². The lowest BCUT2D eigenvalue weighted by Gasteiger charge is -2.31. The molecule has 1 saturated heterocycles. The molecule has 0 aromatic heterocycles. The average Bonchev–Trinajstić information content (AvgIpc) is 1.94. The largest absolute Gasteiger partial charge is 0.437 e. The van der Waals surface area contributed by atoms with E-state index < -0.39 is 16.9 Å². The van der Waals surface area contributed by atoms with Crippen LogP contribution in [0.2, 0.25) is 6.82 Å². The lowest BCUT2D eigenvalue weighted by molar-refractivity contribution is 0.365. The van der Waals surface area contributed by atoms with E-state index in [4.69, 9.17) is 0 Å². The minimum absolute atomic E-state index is 0.166. The molecule has 1 aliphatic rings. The first-order valence-corrected chi connectivity index (χ1v) is 5.78. The molecular weight excluding hydrogens is 177 g/mol. The molecule has 1 aliphatic heterocycles. The third-order valence-corrected chi connectivity index (χ3v) is 4.42. The molecule has 0 spiro atoms. The summed E-state index contributed by atoms with van der Waals surface area (Å²) in [6, 6.07) is 0. The van der Waals surface area contributed by atoms with Gasteiger partial charge in [0.15, 0.2) is 9.84 Å². The van der Waals surface area contributed by atoms with Crippen LogP contribution in [0.3, 0.4) is 0 Å². The zero-order valence-corrected chi connectivity index (χ0v) is 8.21. The molecule has 6 heteroatoms. The van der Waals surface area contributed by atoms with Gasteiger partial charge in [0.05, 0.1) is 11.0 Å². The molecule has 0 aromatic rings. The molecule has 1 N–H and O–H groups in total. The van der Waals surface area contributed by atoms with E-state index in [-0.39, 0.29) is 11.0 Å². The van der Waals surface area contributed by atoms with Crippen LogP contribution in [-0.4, -0.2) is 49.4 Å². The molecule has 0 radical (unpaired) electrons. The molecule has 0 aromatic carbocycles. The normalized spacial score (nSPS) is 30.1. The minimum Gasteiger partial charge on any atom is -0.437 e. The van der Waals surface area contributed by atoms with E-state index in [2.05, 4.69) is 0 Å². The predicted octanol–water partition coefficient (Wildman–Crippen LogP) is -0.784. The van der Waals surface area contributed by atoms with Gasteiger partial charge in [-0.15, -0.1) is 0 Å². The zero-order chi connectivity index (χ0) is 9.35. The van der Waals surface area contributed by atoms with E-state index in [1.807, 2.05) is 0 Å². The maximum absolute atomic E-state index is 11.2. The van der Waals surface area contributed by atoms with Crippen LogP contribution in [0.5, 0.6) is 0 Å². The predicted molar refractivity (Wildman–Crippen MR) is 48.7 cm³/mol. The fraction of sp³-hybridized carbons (Fsp3) is 1.00. The molecule has 1 unspecified atom stereocenters. The SMILES string of the molecule is CB(O)N1CCS(=O)(=O)C(C)C1. The Morgan fingerprint density at radius 3 is 2.58 bits per heavy atom. The van der Waals surface area contributed by atoms with Gasteiger partial charge in [0, 0.05) is 13.1 Å². The highest BCUT2D eigenvalue weighted by molar-refractivity contribution is 7.92. The molecule has 1 fully saturated rings. The Morgan fingerprint density at radius 1 is 1.58 bits per heavy atom. The molecule has 0 saturated carbocycles. The minimum atomic E-state index is -2.88. The van der Waals surface area contributed by atoms with Gasteiger partial charge in [-0.1, -0.05) is 0 Å². The molecule has 4 nitrogen and oxygen atoms in total. The monoisotopic (exact) mass is 191 g/mol.